The van der Waals surface area contributed by atoms with E-state index in [2.05, 4.69) is 9.72 Å². The van der Waals surface area contributed by atoms with Gasteiger partial charge in [-0.05, 0) is 13.0 Å². The minimum atomic E-state index is -5.08. The first-order valence-corrected chi connectivity index (χ1v) is 5.65. The van der Waals surface area contributed by atoms with Crippen LogP contribution < -0.4 is 0 Å². The van der Waals surface area contributed by atoms with Gasteiger partial charge in [0, 0.05) is 5.56 Å². The zero-order chi connectivity index (χ0) is 16.2. The molecule has 0 fully saturated rings. The second-order valence-electron chi connectivity index (χ2n) is 3.82. The smallest absolute Gasteiger partial charge is 0.434 e. The topological polar surface area (TPSA) is 63.0 Å². The average molecular weight is 308 g/mol. The molecule has 0 amide bonds. The highest BCUT2D eigenvalue weighted by atomic mass is 19.4. The van der Waals surface area contributed by atoms with Crippen molar-refractivity contribution in [3.8, 4) is 6.07 Å². The molecule has 0 saturated heterocycles. The first-order valence-electron chi connectivity index (χ1n) is 5.65. The molecule has 0 unspecified atom stereocenters. The zero-order valence-electron chi connectivity index (χ0n) is 10.7. The van der Waals surface area contributed by atoms with Crippen LogP contribution in [0.3, 0.4) is 0 Å². The van der Waals surface area contributed by atoms with Crippen LogP contribution in [0.1, 0.15) is 35.9 Å². The lowest BCUT2D eigenvalue weighted by atomic mass is 10.0. The Morgan fingerprint density at radius 1 is 1.48 bits per heavy atom. The van der Waals surface area contributed by atoms with Crippen molar-refractivity contribution in [3.05, 3.63) is 28.6 Å². The molecule has 0 saturated carbocycles. The minimum absolute atomic E-state index is 0.0110. The predicted octanol–water partition coefficient (Wildman–Crippen LogP) is 3.02. The summed E-state index contributed by atoms with van der Waals surface area (Å²) in [7, 11) is 0. The molecule has 0 aliphatic carbocycles. The third-order valence-electron chi connectivity index (χ3n) is 2.35. The SMILES string of the molecule is CCOC(=O)Cc1cc(C(F)F)c(C#N)c(C(F)(F)F)n1. The molecule has 1 aromatic heterocycles. The lowest BCUT2D eigenvalue weighted by Gasteiger charge is -2.13. The van der Waals surface area contributed by atoms with E-state index in [1.54, 1.807) is 0 Å². The van der Waals surface area contributed by atoms with Crippen molar-refractivity contribution < 1.29 is 31.5 Å². The Balaban J connectivity index is 3.39. The highest BCUT2D eigenvalue weighted by Crippen LogP contribution is 2.35. The largest absolute Gasteiger partial charge is 0.466 e. The number of rotatable bonds is 4. The molecule has 0 N–H and O–H groups in total. The van der Waals surface area contributed by atoms with Gasteiger partial charge in [-0.3, -0.25) is 4.79 Å². The van der Waals surface area contributed by atoms with Gasteiger partial charge in [0.1, 0.15) is 6.07 Å². The second kappa shape index (κ2) is 6.47. The molecule has 1 rings (SSSR count). The van der Waals surface area contributed by atoms with E-state index in [1.807, 2.05) is 0 Å². The maximum Gasteiger partial charge on any atom is 0.434 e. The van der Waals surface area contributed by atoms with Gasteiger partial charge in [0.25, 0.3) is 6.43 Å². The Morgan fingerprint density at radius 3 is 2.52 bits per heavy atom. The number of pyridine rings is 1. The summed E-state index contributed by atoms with van der Waals surface area (Å²) in [5.74, 6) is -0.900. The fourth-order valence-corrected chi connectivity index (χ4v) is 1.57. The van der Waals surface area contributed by atoms with E-state index in [9.17, 15) is 26.7 Å². The molecule has 1 heterocycles. The van der Waals surface area contributed by atoms with Gasteiger partial charge in [-0.2, -0.15) is 18.4 Å². The maximum absolute atomic E-state index is 12.8. The van der Waals surface area contributed by atoms with Crippen LogP contribution in [0.5, 0.6) is 0 Å². The summed E-state index contributed by atoms with van der Waals surface area (Å²) in [6.07, 6.45) is -9.08. The molecule has 0 spiro atoms. The second-order valence-corrected chi connectivity index (χ2v) is 3.82. The van der Waals surface area contributed by atoms with Crippen LogP contribution in [-0.2, 0) is 22.1 Å². The summed E-state index contributed by atoms with van der Waals surface area (Å²) < 4.78 is 68.4. The van der Waals surface area contributed by atoms with Gasteiger partial charge >= 0.3 is 12.1 Å². The molecule has 0 aromatic carbocycles. The van der Waals surface area contributed by atoms with Gasteiger partial charge in [0.2, 0.25) is 0 Å². The number of carbonyl (C=O) groups is 1. The van der Waals surface area contributed by atoms with Crippen molar-refractivity contribution in [1.29, 1.82) is 5.26 Å². The third-order valence-corrected chi connectivity index (χ3v) is 2.35. The molecule has 0 bridgehead atoms. The summed E-state index contributed by atoms with van der Waals surface area (Å²) in [5, 5.41) is 8.65. The molecule has 0 radical (unpaired) electrons. The van der Waals surface area contributed by atoms with Crippen LogP contribution in [0.25, 0.3) is 0 Å². The van der Waals surface area contributed by atoms with E-state index in [-0.39, 0.29) is 6.61 Å². The van der Waals surface area contributed by atoms with Crippen molar-refractivity contribution >= 4 is 5.97 Å². The van der Waals surface area contributed by atoms with E-state index >= 15 is 0 Å². The highest BCUT2D eigenvalue weighted by Gasteiger charge is 2.38. The summed E-state index contributed by atoms with van der Waals surface area (Å²) in [6, 6.07) is 1.69. The first-order chi connectivity index (χ1) is 9.70. The summed E-state index contributed by atoms with van der Waals surface area (Å²) in [5.41, 5.74) is -4.62. The van der Waals surface area contributed by atoms with Crippen molar-refractivity contribution in [2.24, 2.45) is 0 Å². The number of alkyl halides is 5. The molecule has 114 valence electrons. The Morgan fingerprint density at radius 2 is 2.10 bits per heavy atom. The number of esters is 1. The third kappa shape index (κ3) is 4.11. The Hall–Kier alpha value is -2.24. The standard InChI is InChI=1S/C12H9F5N2O2/c1-2-21-9(20)4-6-3-7(11(13)14)8(5-18)10(19-6)12(15,16)17/h3,11H,2,4H2,1H3. The molecule has 4 nitrogen and oxygen atoms in total. The van der Waals surface area contributed by atoms with Gasteiger partial charge in [0.15, 0.2) is 5.69 Å². The van der Waals surface area contributed by atoms with Gasteiger partial charge in [0.05, 0.1) is 24.3 Å². The number of hydrogen-bond acceptors (Lipinski definition) is 4. The van der Waals surface area contributed by atoms with Gasteiger partial charge in [-0.15, -0.1) is 0 Å². The van der Waals surface area contributed by atoms with Crippen LogP contribution in [0.15, 0.2) is 6.07 Å². The molecule has 0 atom stereocenters. The minimum Gasteiger partial charge on any atom is -0.466 e. The number of hydrogen-bond donors (Lipinski definition) is 0. The van der Waals surface area contributed by atoms with Gasteiger partial charge in [-0.1, -0.05) is 0 Å². The molecule has 0 aliphatic heterocycles. The number of nitrogens with zero attached hydrogens (tertiary/aromatic N) is 2. The fourth-order valence-electron chi connectivity index (χ4n) is 1.57. The lowest BCUT2D eigenvalue weighted by molar-refractivity contribution is -0.144. The lowest BCUT2D eigenvalue weighted by Crippen LogP contribution is -2.17. The van der Waals surface area contributed by atoms with Crippen LogP contribution in [-0.4, -0.2) is 17.6 Å². The first kappa shape index (κ1) is 16.8. The van der Waals surface area contributed by atoms with Crippen LogP contribution in [0.4, 0.5) is 22.0 Å². The van der Waals surface area contributed by atoms with Crippen LogP contribution >= 0.6 is 0 Å². The number of halogens is 5. The van der Waals surface area contributed by atoms with E-state index in [1.165, 1.54) is 6.92 Å². The number of nitriles is 1. The van der Waals surface area contributed by atoms with E-state index < -0.39 is 47.5 Å². The molecular weight excluding hydrogens is 299 g/mol. The summed E-state index contributed by atoms with van der Waals surface area (Å²) in [4.78, 5) is 14.3. The molecule has 1 aromatic rings. The highest BCUT2D eigenvalue weighted by molar-refractivity contribution is 5.72. The number of aromatic nitrogens is 1. The van der Waals surface area contributed by atoms with Gasteiger partial charge < -0.3 is 4.74 Å². The Kier molecular flexibility index (Phi) is 5.18. The Bertz CT molecular complexity index is 578. The summed E-state index contributed by atoms with van der Waals surface area (Å²) in [6.45, 7) is 1.47. The van der Waals surface area contributed by atoms with Gasteiger partial charge in [-0.25, -0.2) is 13.8 Å². The van der Waals surface area contributed by atoms with Crippen molar-refractivity contribution in [2.75, 3.05) is 6.61 Å². The van der Waals surface area contributed by atoms with Crippen LogP contribution in [0, 0.1) is 11.3 Å². The Labute approximate surface area is 116 Å². The fraction of sp³-hybridized carbons (Fsp3) is 0.417. The number of ether oxygens (including phenoxy) is 1. The molecule has 0 aliphatic rings. The maximum atomic E-state index is 12.8. The zero-order valence-corrected chi connectivity index (χ0v) is 10.7. The molecular formula is C12H9F5N2O2. The number of carbonyl (C=O) groups excluding carboxylic acids is 1. The monoisotopic (exact) mass is 308 g/mol. The molecule has 21 heavy (non-hydrogen) atoms. The normalized spacial score (nSPS) is 11.3. The van der Waals surface area contributed by atoms with Crippen LogP contribution in [0.2, 0.25) is 0 Å². The van der Waals surface area contributed by atoms with Crippen molar-refractivity contribution in [1.82, 2.24) is 4.98 Å². The quantitative estimate of drug-likeness (QED) is 0.633. The van der Waals surface area contributed by atoms with Crippen molar-refractivity contribution in [3.63, 3.8) is 0 Å². The predicted molar refractivity (Wildman–Crippen MR) is 59.2 cm³/mol. The summed E-state index contributed by atoms with van der Waals surface area (Å²) >= 11 is 0. The van der Waals surface area contributed by atoms with Crippen molar-refractivity contribution in [2.45, 2.75) is 25.9 Å². The van der Waals surface area contributed by atoms with E-state index in [4.69, 9.17) is 5.26 Å². The average Bonchev–Trinajstić information content (AvgIpc) is 2.36. The van der Waals surface area contributed by atoms with E-state index in [0.717, 1.165) is 6.07 Å². The molecule has 9 heteroatoms. The van der Waals surface area contributed by atoms with E-state index in [0.29, 0.717) is 6.07 Å².